The van der Waals surface area contributed by atoms with E-state index >= 15 is 0 Å². The molecule has 0 bridgehead atoms. The van der Waals surface area contributed by atoms with Gasteiger partial charge in [-0.2, -0.15) is 0 Å². The first-order chi connectivity index (χ1) is 13.1. The van der Waals surface area contributed by atoms with E-state index in [0.29, 0.717) is 23.2 Å². The largest absolute Gasteiger partial charge is 0.350 e. The van der Waals surface area contributed by atoms with E-state index < -0.39 is 0 Å². The van der Waals surface area contributed by atoms with Crippen LogP contribution in [0.1, 0.15) is 37.2 Å². The van der Waals surface area contributed by atoms with Gasteiger partial charge in [0.15, 0.2) is 5.78 Å². The maximum atomic E-state index is 12.5. The summed E-state index contributed by atoms with van der Waals surface area (Å²) < 4.78 is 0. The van der Waals surface area contributed by atoms with Gasteiger partial charge in [0.1, 0.15) is 0 Å². The molecule has 1 unspecified atom stereocenters. The lowest BCUT2D eigenvalue weighted by Crippen LogP contribution is -2.34. The number of carbonyl (C=O) groups excluding carboxylic acids is 2. The van der Waals surface area contributed by atoms with Crippen LogP contribution in [0.2, 0.25) is 0 Å². The Morgan fingerprint density at radius 3 is 2.11 bits per heavy atom. The lowest BCUT2D eigenvalue weighted by molar-refractivity contribution is 0.0941. The number of thiophene rings is 1. The Morgan fingerprint density at radius 1 is 0.889 bits per heavy atom. The molecule has 27 heavy (non-hydrogen) atoms. The van der Waals surface area contributed by atoms with E-state index in [-0.39, 0.29) is 17.7 Å². The van der Waals surface area contributed by atoms with Gasteiger partial charge >= 0.3 is 0 Å². The summed E-state index contributed by atoms with van der Waals surface area (Å²) in [6.07, 6.45) is 0. The van der Waals surface area contributed by atoms with Crippen molar-refractivity contribution in [3.63, 3.8) is 0 Å². The minimum atomic E-state index is -0.142. The van der Waals surface area contributed by atoms with Crippen molar-refractivity contribution < 1.29 is 9.59 Å². The summed E-state index contributed by atoms with van der Waals surface area (Å²) in [5.74, 6) is -0.190. The highest BCUT2D eigenvalue weighted by Crippen LogP contribution is 2.22. The minimum absolute atomic E-state index is 0.0482. The average molecular weight is 378 g/mol. The third-order valence-electron chi connectivity index (χ3n) is 4.40. The molecule has 2 aromatic carbocycles. The number of carbonyl (C=O) groups is 2. The molecule has 5 heteroatoms. The van der Waals surface area contributed by atoms with Gasteiger partial charge in [0.05, 0.1) is 6.04 Å². The molecule has 1 atom stereocenters. The third kappa shape index (κ3) is 4.70. The highest BCUT2D eigenvalue weighted by atomic mass is 32.1. The van der Waals surface area contributed by atoms with Gasteiger partial charge < -0.3 is 10.2 Å². The van der Waals surface area contributed by atoms with Crippen LogP contribution in [-0.4, -0.2) is 37.2 Å². The van der Waals surface area contributed by atoms with Gasteiger partial charge in [0, 0.05) is 28.1 Å². The SMILES string of the molecule is CN(C)C(CNC(=O)c1ccc(C(=O)c2ccccc2)cc1)c1cccs1. The maximum absolute atomic E-state index is 12.5. The molecule has 0 radical (unpaired) electrons. The maximum Gasteiger partial charge on any atom is 0.251 e. The molecule has 0 spiro atoms. The molecule has 138 valence electrons. The van der Waals surface area contributed by atoms with Gasteiger partial charge in [-0.1, -0.05) is 48.5 Å². The van der Waals surface area contributed by atoms with Gasteiger partial charge in [-0.25, -0.2) is 0 Å². The Balaban J connectivity index is 1.64. The Bertz CT molecular complexity index is 888. The van der Waals surface area contributed by atoms with Crippen molar-refractivity contribution in [2.75, 3.05) is 20.6 Å². The number of benzene rings is 2. The molecule has 0 saturated heterocycles. The molecule has 0 saturated carbocycles. The molecule has 1 aromatic heterocycles. The van der Waals surface area contributed by atoms with Crippen molar-refractivity contribution in [2.24, 2.45) is 0 Å². The lowest BCUT2D eigenvalue weighted by atomic mass is 10.0. The van der Waals surface area contributed by atoms with Crippen molar-refractivity contribution in [3.8, 4) is 0 Å². The summed E-state index contributed by atoms with van der Waals surface area (Å²) in [5, 5.41) is 5.03. The Morgan fingerprint density at radius 2 is 1.52 bits per heavy atom. The summed E-state index contributed by atoms with van der Waals surface area (Å²) in [6, 6.07) is 20.1. The minimum Gasteiger partial charge on any atom is -0.350 e. The van der Waals surface area contributed by atoms with Crippen LogP contribution in [0.25, 0.3) is 0 Å². The summed E-state index contributed by atoms with van der Waals surface area (Å²) >= 11 is 1.68. The van der Waals surface area contributed by atoms with Gasteiger partial charge in [-0.3, -0.25) is 9.59 Å². The quantitative estimate of drug-likeness (QED) is 0.632. The van der Waals surface area contributed by atoms with Crippen LogP contribution in [0.4, 0.5) is 0 Å². The van der Waals surface area contributed by atoms with E-state index in [1.54, 1.807) is 47.7 Å². The number of hydrogen-bond acceptors (Lipinski definition) is 4. The first-order valence-corrected chi connectivity index (χ1v) is 9.62. The van der Waals surface area contributed by atoms with E-state index in [0.717, 1.165) is 0 Å². The van der Waals surface area contributed by atoms with Gasteiger partial charge in [0.25, 0.3) is 5.91 Å². The third-order valence-corrected chi connectivity index (χ3v) is 5.37. The van der Waals surface area contributed by atoms with E-state index in [1.807, 2.05) is 43.7 Å². The van der Waals surface area contributed by atoms with Gasteiger partial charge in [0.2, 0.25) is 0 Å². The summed E-state index contributed by atoms with van der Waals surface area (Å²) in [6.45, 7) is 0.525. The van der Waals surface area contributed by atoms with Crippen molar-refractivity contribution >= 4 is 23.0 Å². The summed E-state index contributed by atoms with van der Waals surface area (Å²) in [4.78, 5) is 28.2. The molecule has 4 nitrogen and oxygen atoms in total. The monoisotopic (exact) mass is 378 g/mol. The zero-order chi connectivity index (χ0) is 19.2. The Kier molecular flexibility index (Phi) is 6.16. The molecule has 0 fully saturated rings. The smallest absolute Gasteiger partial charge is 0.251 e. The number of likely N-dealkylation sites (N-methyl/N-ethyl adjacent to an activating group) is 1. The van der Waals surface area contributed by atoms with Crippen LogP contribution in [0.15, 0.2) is 72.1 Å². The van der Waals surface area contributed by atoms with E-state index in [4.69, 9.17) is 0 Å². The zero-order valence-electron chi connectivity index (χ0n) is 15.4. The van der Waals surface area contributed by atoms with Gasteiger partial charge in [-0.15, -0.1) is 11.3 Å². The molecule has 0 aliphatic heterocycles. The molecule has 3 rings (SSSR count). The summed E-state index contributed by atoms with van der Waals surface area (Å²) in [5.41, 5.74) is 1.75. The fraction of sp³-hybridized carbons (Fsp3) is 0.182. The van der Waals surface area contributed by atoms with E-state index in [9.17, 15) is 9.59 Å². The molecule has 0 aliphatic carbocycles. The number of nitrogens with zero attached hydrogens (tertiary/aromatic N) is 1. The van der Waals surface area contributed by atoms with E-state index in [2.05, 4.69) is 16.3 Å². The predicted molar refractivity (Wildman–Crippen MR) is 109 cm³/mol. The second-order valence-electron chi connectivity index (χ2n) is 6.48. The predicted octanol–water partition coefficient (Wildman–Crippen LogP) is 4.01. The topological polar surface area (TPSA) is 49.4 Å². The van der Waals surface area contributed by atoms with Crippen LogP contribution < -0.4 is 5.32 Å². The van der Waals surface area contributed by atoms with Crippen LogP contribution in [-0.2, 0) is 0 Å². The molecule has 1 amide bonds. The fourth-order valence-corrected chi connectivity index (χ4v) is 3.76. The zero-order valence-corrected chi connectivity index (χ0v) is 16.2. The van der Waals surface area contributed by atoms with Crippen LogP contribution in [0, 0.1) is 0 Å². The molecule has 3 aromatic rings. The average Bonchev–Trinajstić information content (AvgIpc) is 3.22. The highest BCUT2D eigenvalue weighted by Gasteiger charge is 2.17. The highest BCUT2D eigenvalue weighted by molar-refractivity contribution is 7.10. The summed E-state index contributed by atoms with van der Waals surface area (Å²) in [7, 11) is 4.00. The second-order valence-corrected chi connectivity index (χ2v) is 7.46. The number of nitrogens with one attached hydrogen (secondary N) is 1. The fourth-order valence-electron chi connectivity index (χ4n) is 2.84. The first kappa shape index (κ1) is 19.0. The standard InChI is InChI=1S/C22H22N2O2S/c1-24(2)19(20-9-6-14-27-20)15-23-22(26)18-12-10-17(11-13-18)21(25)16-7-4-3-5-8-16/h3-14,19H,15H2,1-2H3,(H,23,26). The van der Waals surface area contributed by atoms with E-state index in [1.165, 1.54) is 4.88 Å². The Labute approximate surface area is 163 Å². The number of hydrogen-bond donors (Lipinski definition) is 1. The Hall–Kier alpha value is -2.76. The number of rotatable bonds is 7. The van der Waals surface area contributed by atoms with Crippen molar-refractivity contribution in [2.45, 2.75) is 6.04 Å². The molecule has 1 N–H and O–H groups in total. The van der Waals surface area contributed by atoms with Crippen molar-refractivity contribution in [1.29, 1.82) is 0 Å². The molecule has 0 aliphatic rings. The molecular formula is C22H22N2O2S. The van der Waals surface area contributed by atoms with Crippen molar-refractivity contribution in [3.05, 3.63) is 93.7 Å². The molecule has 1 heterocycles. The lowest BCUT2D eigenvalue weighted by Gasteiger charge is -2.23. The van der Waals surface area contributed by atoms with Crippen molar-refractivity contribution in [1.82, 2.24) is 10.2 Å². The van der Waals surface area contributed by atoms with Crippen LogP contribution >= 0.6 is 11.3 Å². The normalized spacial score (nSPS) is 12.0. The second kappa shape index (κ2) is 8.75. The number of amides is 1. The van der Waals surface area contributed by atoms with Gasteiger partial charge in [-0.05, 0) is 37.7 Å². The van der Waals surface area contributed by atoms with Crippen LogP contribution in [0.3, 0.4) is 0 Å². The number of ketones is 1. The first-order valence-electron chi connectivity index (χ1n) is 8.74. The van der Waals surface area contributed by atoms with Crippen LogP contribution in [0.5, 0.6) is 0 Å². The molecular weight excluding hydrogens is 356 g/mol.